The summed E-state index contributed by atoms with van der Waals surface area (Å²) < 4.78 is 14.0. The fraction of sp³-hybridized carbons (Fsp3) is 0.385. The molecule has 3 atom stereocenters. The van der Waals surface area contributed by atoms with E-state index in [0.29, 0.717) is 21.8 Å². The maximum atomic E-state index is 13.6. The molecule has 0 aliphatic heterocycles. The summed E-state index contributed by atoms with van der Waals surface area (Å²) >= 11 is 1.17. The molecule has 3 unspecified atom stereocenters. The van der Waals surface area contributed by atoms with E-state index in [1.54, 1.807) is 12.1 Å². The zero-order chi connectivity index (χ0) is 14.3. The van der Waals surface area contributed by atoms with Gasteiger partial charge in [0.2, 0.25) is 0 Å². The molecule has 0 saturated heterocycles. The number of nitrogens with zero attached hydrogens (tertiary/aromatic N) is 1. The van der Waals surface area contributed by atoms with Gasteiger partial charge in [-0.05, 0) is 25.0 Å². The molecule has 1 aliphatic rings. The van der Waals surface area contributed by atoms with Crippen LogP contribution in [-0.2, 0) is 4.79 Å². The Bertz CT molecular complexity index is 660. The van der Waals surface area contributed by atoms with Gasteiger partial charge in [0.15, 0.2) is 5.13 Å². The molecule has 1 aromatic carbocycles. The highest BCUT2D eigenvalue weighted by atomic mass is 32.1. The van der Waals surface area contributed by atoms with Crippen LogP contribution in [0.15, 0.2) is 18.2 Å². The van der Waals surface area contributed by atoms with Crippen LogP contribution in [0, 0.1) is 11.7 Å². The number of carboxylic acid groups (broad SMARTS) is 1. The molecule has 1 saturated carbocycles. The minimum absolute atomic E-state index is 0.228. The number of aliphatic hydroxyl groups excluding tert-OH is 1. The lowest BCUT2D eigenvalue weighted by molar-refractivity contribution is -0.141. The number of anilines is 1. The smallest absolute Gasteiger partial charge is 0.306 e. The molecule has 0 amide bonds. The third-order valence-corrected chi connectivity index (χ3v) is 4.56. The summed E-state index contributed by atoms with van der Waals surface area (Å²) in [6.07, 6.45) is -0.158. The van der Waals surface area contributed by atoms with E-state index >= 15 is 0 Å². The quantitative estimate of drug-likeness (QED) is 0.807. The lowest BCUT2D eigenvalue weighted by atomic mass is 10.1. The van der Waals surface area contributed by atoms with Crippen LogP contribution in [0.25, 0.3) is 10.2 Å². The van der Waals surface area contributed by atoms with Gasteiger partial charge in [-0.15, -0.1) is 0 Å². The Balaban J connectivity index is 1.80. The van der Waals surface area contributed by atoms with E-state index in [-0.39, 0.29) is 18.3 Å². The standard InChI is InChI=1S/C13H13FN2O3S/c14-7-2-1-3-8-11(7)20-13(15-8)16-9-4-6(12(18)19)5-10(9)17/h1-3,6,9-10,17H,4-5H2,(H,15,16)(H,18,19). The second kappa shape index (κ2) is 4.99. The van der Waals surface area contributed by atoms with Gasteiger partial charge in [0, 0.05) is 0 Å². The van der Waals surface area contributed by atoms with Crippen molar-refractivity contribution < 1.29 is 19.4 Å². The summed E-state index contributed by atoms with van der Waals surface area (Å²) in [5.41, 5.74) is 0.555. The van der Waals surface area contributed by atoms with Crippen molar-refractivity contribution in [2.75, 3.05) is 5.32 Å². The average molecular weight is 296 g/mol. The summed E-state index contributed by atoms with van der Waals surface area (Å²) in [5.74, 6) is -1.78. The number of aromatic nitrogens is 1. The number of carbonyl (C=O) groups is 1. The number of fused-ring (bicyclic) bond motifs is 1. The van der Waals surface area contributed by atoms with E-state index in [1.807, 2.05) is 0 Å². The molecule has 0 radical (unpaired) electrons. The van der Waals surface area contributed by atoms with Crippen molar-refractivity contribution in [1.82, 2.24) is 4.98 Å². The Morgan fingerprint density at radius 3 is 2.90 bits per heavy atom. The predicted octanol–water partition coefficient (Wildman–Crippen LogP) is 2.07. The lowest BCUT2D eigenvalue weighted by Crippen LogP contribution is -2.27. The van der Waals surface area contributed by atoms with Gasteiger partial charge in [0.05, 0.1) is 28.3 Å². The van der Waals surface area contributed by atoms with Crippen molar-refractivity contribution in [2.24, 2.45) is 5.92 Å². The zero-order valence-corrected chi connectivity index (χ0v) is 11.2. The molecule has 1 heterocycles. The highest BCUT2D eigenvalue weighted by Crippen LogP contribution is 2.32. The number of benzene rings is 1. The molecule has 0 spiro atoms. The fourth-order valence-corrected chi connectivity index (χ4v) is 3.44. The average Bonchev–Trinajstić information content (AvgIpc) is 2.95. The summed E-state index contributed by atoms with van der Waals surface area (Å²) in [5, 5.41) is 22.4. The molecule has 2 aromatic rings. The second-order valence-electron chi connectivity index (χ2n) is 4.93. The summed E-state index contributed by atoms with van der Waals surface area (Å²) in [4.78, 5) is 15.2. The van der Waals surface area contributed by atoms with Crippen LogP contribution in [0.1, 0.15) is 12.8 Å². The Morgan fingerprint density at radius 1 is 1.45 bits per heavy atom. The molecule has 7 heteroatoms. The molecular formula is C13H13FN2O3S. The molecular weight excluding hydrogens is 283 g/mol. The number of thiazole rings is 1. The number of aliphatic carboxylic acids is 1. The fourth-order valence-electron chi connectivity index (χ4n) is 2.51. The minimum atomic E-state index is -0.899. The maximum absolute atomic E-state index is 13.6. The topological polar surface area (TPSA) is 82.5 Å². The summed E-state index contributed by atoms with van der Waals surface area (Å²) in [7, 11) is 0. The second-order valence-corrected chi connectivity index (χ2v) is 5.93. The van der Waals surface area contributed by atoms with Gasteiger partial charge in [-0.25, -0.2) is 9.37 Å². The van der Waals surface area contributed by atoms with Crippen molar-refractivity contribution in [1.29, 1.82) is 0 Å². The molecule has 5 nitrogen and oxygen atoms in total. The van der Waals surface area contributed by atoms with Crippen molar-refractivity contribution in [2.45, 2.75) is 25.0 Å². The third-order valence-electron chi connectivity index (χ3n) is 3.55. The van der Waals surface area contributed by atoms with Crippen LogP contribution < -0.4 is 5.32 Å². The number of halogens is 1. The molecule has 1 aromatic heterocycles. The first-order chi connectivity index (χ1) is 9.54. The van der Waals surface area contributed by atoms with Crippen molar-refractivity contribution in [3.05, 3.63) is 24.0 Å². The Labute approximate surface area is 118 Å². The number of hydrogen-bond donors (Lipinski definition) is 3. The lowest BCUT2D eigenvalue weighted by Gasteiger charge is -2.14. The van der Waals surface area contributed by atoms with E-state index in [2.05, 4.69) is 10.3 Å². The van der Waals surface area contributed by atoms with Gasteiger partial charge in [0.1, 0.15) is 5.82 Å². The van der Waals surface area contributed by atoms with E-state index in [4.69, 9.17) is 5.11 Å². The number of nitrogens with one attached hydrogen (secondary N) is 1. The Kier molecular flexibility index (Phi) is 3.31. The zero-order valence-electron chi connectivity index (χ0n) is 10.4. The Morgan fingerprint density at radius 2 is 2.25 bits per heavy atom. The van der Waals surface area contributed by atoms with E-state index in [0.717, 1.165) is 0 Å². The predicted molar refractivity (Wildman–Crippen MR) is 73.4 cm³/mol. The van der Waals surface area contributed by atoms with Crippen LogP contribution in [0.3, 0.4) is 0 Å². The molecule has 20 heavy (non-hydrogen) atoms. The van der Waals surface area contributed by atoms with Gasteiger partial charge in [-0.1, -0.05) is 17.4 Å². The first-order valence-corrected chi connectivity index (χ1v) is 7.08. The first-order valence-electron chi connectivity index (χ1n) is 6.27. The maximum Gasteiger partial charge on any atom is 0.306 e. The van der Waals surface area contributed by atoms with Crippen LogP contribution in [0.5, 0.6) is 0 Å². The van der Waals surface area contributed by atoms with Gasteiger partial charge >= 0.3 is 5.97 Å². The molecule has 0 bridgehead atoms. The number of hydrogen-bond acceptors (Lipinski definition) is 5. The minimum Gasteiger partial charge on any atom is -0.481 e. The molecule has 106 valence electrons. The van der Waals surface area contributed by atoms with Crippen LogP contribution >= 0.6 is 11.3 Å². The highest BCUT2D eigenvalue weighted by molar-refractivity contribution is 7.22. The SMILES string of the molecule is O=C(O)C1CC(O)C(Nc2nc3cccc(F)c3s2)C1. The summed E-state index contributed by atoms with van der Waals surface area (Å²) in [6.45, 7) is 0. The molecule has 1 aliphatic carbocycles. The van der Waals surface area contributed by atoms with Crippen LogP contribution in [-0.4, -0.2) is 33.3 Å². The first kappa shape index (κ1) is 13.3. The largest absolute Gasteiger partial charge is 0.481 e. The highest BCUT2D eigenvalue weighted by Gasteiger charge is 2.37. The third kappa shape index (κ3) is 2.34. The van der Waals surface area contributed by atoms with Crippen LogP contribution in [0.2, 0.25) is 0 Å². The van der Waals surface area contributed by atoms with Crippen molar-refractivity contribution in [3.8, 4) is 0 Å². The van der Waals surface area contributed by atoms with Gasteiger partial charge in [0.25, 0.3) is 0 Å². The van der Waals surface area contributed by atoms with E-state index in [1.165, 1.54) is 17.4 Å². The molecule has 3 rings (SSSR count). The Hall–Kier alpha value is -1.73. The van der Waals surface area contributed by atoms with Crippen molar-refractivity contribution >= 4 is 32.7 Å². The van der Waals surface area contributed by atoms with Crippen molar-refractivity contribution in [3.63, 3.8) is 0 Å². The van der Waals surface area contributed by atoms with Gasteiger partial charge in [-0.3, -0.25) is 4.79 Å². The number of aliphatic hydroxyl groups is 1. The normalized spacial score (nSPS) is 26.0. The summed E-state index contributed by atoms with van der Waals surface area (Å²) in [6, 6.07) is 4.31. The van der Waals surface area contributed by atoms with E-state index < -0.39 is 18.0 Å². The number of carboxylic acids is 1. The van der Waals surface area contributed by atoms with Crippen LogP contribution in [0.4, 0.5) is 9.52 Å². The van der Waals surface area contributed by atoms with E-state index in [9.17, 15) is 14.3 Å². The van der Waals surface area contributed by atoms with Gasteiger partial charge in [-0.2, -0.15) is 0 Å². The number of rotatable bonds is 3. The molecule has 1 fully saturated rings. The monoisotopic (exact) mass is 296 g/mol. The van der Waals surface area contributed by atoms with Gasteiger partial charge < -0.3 is 15.5 Å². The molecule has 3 N–H and O–H groups in total.